The number of hydrogen-bond acceptors (Lipinski definition) is 3. The van der Waals surface area contributed by atoms with E-state index in [0.717, 1.165) is 11.8 Å². The molecule has 1 rings (SSSR count). The number of pyridine rings is 1. The van der Waals surface area contributed by atoms with Gasteiger partial charge in [-0.05, 0) is 18.6 Å². The molecule has 0 unspecified atom stereocenters. The molecule has 0 spiro atoms. The van der Waals surface area contributed by atoms with Gasteiger partial charge in [0.2, 0.25) is 0 Å². The molecule has 0 bridgehead atoms. The standard InChI is InChI=1S/C12H14BrN3O/c1-2-6-16(7-5-13)12(17)11-4-3-10(8-14)9-15-11/h3-4,9H,2,5-7H2,1H3. The lowest BCUT2D eigenvalue weighted by Gasteiger charge is -2.20. The van der Waals surface area contributed by atoms with E-state index >= 15 is 0 Å². The summed E-state index contributed by atoms with van der Waals surface area (Å²) >= 11 is 3.33. The van der Waals surface area contributed by atoms with Gasteiger partial charge in [0.05, 0.1) is 5.56 Å². The predicted octanol–water partition coefficient (Wildman–Crippen LogP) is 2.20. The van der Waals surface area contributed by atoms with E-state index in [9.17, 15) is 4.79 Å². The third-order valence-corrected chi connectivity index (χ3v) is 2.60. The summed E-state index contributed by atoms with van der Waals surface area (Å²) in [6.07, 6.45) is 2.33. The molecule has 0 N–H and O–H groups in total. The van der Waals surface area contributed by atoms with Crippen LogP contribution in [0.4, 0.5) is 0 Å². The van der Waals surface area contributed by atoms with E-state index in [2.05, 4.69) is 20.9 Å². The maximum atomic E-state index is 12.1. The molecule has 5 heteroatoms. The van der Waals surface area contributed by atoms with Crippen LogP contribution < -0.4 is 0 Å². The van der Waals surface area contributed by atoms with Gasteiger partial charge in [-0.25, -0.2) is 4.98 Å². The maximum absolute atomic E-state index is 12.1. The Balaban J connectivity index is 2.81. The Bertz CT molecular complexity index is 405. The highest BCUT2D eigenvalue weighted by Gasteiger charge is 2.15. The van der Waals surface area contributed by atoms with Gasteiger partial charge >= 0.3 is 0 Å². The quantitative estimate of drug-likeness (QED) is 0.783. The number of carbonyl (C=O) groups is 1. The molecule has 1 aromatic rings. The molecule has 0 saturated carbocycles. The molecule has 0 aliphatic heterocycles. The number of nitriles is 1. The fourth-order valence-corrected chi connectivity index (χ4v) is 1.86. The first-order chi connectivity index (χ1) is 8.22. The summed E-state index contributed by atoms with van der Waals surface area (Å²) in [6.45, 7) is 3.40. The number of carbonyl (C=O) groups excluding carboxylic acids is 1. The third-order valence-electron chi connectivity index (χ3n) is 2.25. The van der Waals surface area contributed by atoms with Crippen LogP contribution in [-0.4, -0.2) is 34.2 Å². The van der Waals surface area contributed by atoms with E-state index in [1.165, 1.54) is 6.20 Å². The van der Waals surface area contributed by atoms with Crippen LogP contribution in [0.5, 0.6) is 0 Å². The van der Waals surface area contributed by atoms with Crippen molar-refractivity contribution in [3.63, 3.8) is 0 Å². The molecule has 90 valence electrons. The number of amides is 1. The topological polar surface area (TPSA) is 57.0 Å². The lowest BCUT2D eigenvalue weighted by molar-refractivity contribution is 0.0760. The minimum absolute atomic E-state index is 0.0872. The van der Waals surface area contributed by atoms with Crippen LogP contribution in [0.2, 0.25) is 0 Å². The van der Waals surface area contributed by atoms with Crippen molar-refractivity contribution < 1.29 is 4.79 Å². The first-order valence-corrected chi connectivity index (χ1v) is 6.56. The van der Waals surface area contributed by atoms with Gasteiger partial charge in [0.25, 0.3) is 5.91 Å². The second-order valence-corrected chi connectivity index (χ2v) is 4.32. The average Bonchev–Trinajstić information content (AvgIpc) is 2.38. The fraction of sp³-hybridized carbons (Fsp3) is 0.417. The molecule has 17 heavy (non-hydrogen) atoms. The van der Waals surface area contributed by atoms with Crippen LogP contribution >= 0.6 is 15.9 Å². The van der Waals surface area contributed by atoms with Crippen molar-refractivity contribution in [1.82, 2.24) is 9.88 Å². The highest BCUT2D eigenvalue weighted by molar-refractivity contribution is 9.09. The summed E-state index contributed by atoms with van der Waals surface area (Å²) in [6, 6.07) is 5.18. The summed E-state index contributed by atoms with van der Waals surface area (Å²) in [7, 11) is 0. The zero-order valence-electron chi connectivity index (χ0n) is 9.69. The predicted molar refractivity (Wildman–Crippen MR) is 68.9 cm³/mol. The molecule has 0 atom stereocenters. The Hall–Kier alpha value is -1.41. The number of aromatic nitrogens is 1. The summed E-state index contributed by atoms with van der Waals surface area (Å²) in [5.74, 6) is -0.0872. The van der Waals surface area contributed by atoms with E-state index in [4.69, 9.17) is 5.26 Å². The zero-order valence-corrected chi connectivity index (χ0v) is 11.3. The largest absolute Gasteiger partial charge is 0.336 e. The minimum atomic E-state index is -0.0872. The van der Waals surface area contributed by atoms with E-state index in [1.807, 2.05) is 13.0 Å². The van der Waals surface area contributed by atoms with Crippen LogP contribution in [-0.2, 0) is 0 Å². The second-order valence-electron chi connectivity index (χ2n) is 3.53. The SMILES string of the molecule is CCCN(CCBr)C(=O)c1ccc(C#N)cn1. The smallest absolute Gasteiger partial charge is 0.272 e. The molecule has 0 saturated heterocycles. The lowest BCUT2D eigenvalue weighted by Crippen LogP contribution is -2.33. The average molecular weight is 296 g/mol. The number of nitrogens with zero attached hydrogens (tertiary/aromatic N) is 3. The van der Waals surface area contributed by atoms with E-state index < -0.39 is 0 Å². The van der Waals surface area contributed by atoms with Crippen LogP contribution in [0.3, 0.4) is 0 Å². The number of alkyl halides is 1. The zero-order chi connectivity index (χ0) is 12.7. The van der Waals surface area contributed by atoms with Gasteiger partial charge < -0.3 is 4.90 Å². The molecular formula is C12H14BrN3O. The van der Waals surface area contributed by atoms with Gasteiger partial charge in [-0.1, -0.05) is 22.9 Å². The summed E-state index contributed by atoms with van der Waals surface area (Å²) < 4.78 is 0. The Labute approximate surface area is 109 Å². The highest BCUT2D eigenvalue weighted by Crippen LogP contribution is 2.05. The van der Waals surface area contributed by atoms with E-state index in [-0.39, 0.29) is 5.91 Å². The second kappa shape index (κ2) is 7.02. The Morgan fingerprint density at radius 1 is 1.53 bits per heavy atom. The van der Waals surface area contributed by atoms with Gasteiger partial charge in [-0.3, -0.25) is 4.79 Å². The molecule has 0 radical (unpaired) electrons. The van der Waals surface area contributed by atoms with Crippen LogP contribution in [0.1, 0.15) is 29.4 Å². The summed E-state index contributed by atoms with van der Waals surface area (Å²) in [5.41, 5.74) is 0.850. The van der Waals surface area contributed by atoms with Gasteiger partial charge in [-0.2, -0.15) is 5.26 Å². The van der Waals surface area contributed by atoms with Crippen molar-refractivity contribution >= 4 is 21.8 Å². The van der Waals surface area contributed by atoms with Crippen molar-refractivity contribution in [1.29, 1.82) is 5.26 Å². The molecule has 0 fully saturated rings. The molecule has 1 aromatic heterocycles. The van der Waals surface area contributed by atoms with Crippen LogP contribution in [0, 0.1) is 11.3 Å². The Morgan fingerprint density at radius 2 is 2.29 bits per heavy atom. The van der Waals surface area contributed by atoms with Gasteiger partial charge in [-0.15, -0.1) is 0 Å². The summed E-state index contributed by atoms with van der Waals surface area (Å²) in [5, 5.41) is 9.40. The Morgan fingerprint density at radius 3 is 2.76 bits per heavy atom. The highest BCUT2D eigenvalue weighted by atomic mass is 79.9. The normalized spacial score (nSPS) is 9.71. The van der Waals surface area contributed by atoms with Gasteiger partial charge in [0.1, 0.15) is 11.8 Å². The molecule has 1 amide bonds. The number of hydrogen-bond donors (Lipinski definition) is 0. The first-order valence-electron chi connectivity index (χ1n) is 5.44. The van der Waals surface area contributed by atoms with Gasteiger partial charge in [0.15, 0.2) is 0 Å². The number of rotatable bonds is 5. The minimum Gasteiger partial charge on any atom is -0.336 e. The molecule has 4 nitrogen and oxygen atoms in total. The van der Waals surface area contributed by atoms with Crippen molar-refractivity contribution in [3.8, 4) is 6.07 Å². The van der Waals surface area contributed by atoms with Crippen LogP contribution in [0.15, 0.2) is 18.3 Å². The fourth-order valence-electron chi connectivity index (χ4n) is 1.44. The molecule has 0 aliphatic rings. The lowest BCUT2D eigenvalue weighted by atomic mass is 10.2. The van der Waals surface area contributed by atoms with Crippen LogP contribution in [0.25, 0.3) is 0 Å². The summed E-state index contributed by atoms with van der Waals surface area (Å²) in [4.78, 5) is 17.8. The third kappa shape index (κ3) is 3.82. The first kappa shape index (κ1) is 13.7. The Kier molecular flexibility index (Phi) is 5.64. The maximum Gasteiger partial charge on any atom is 0.272 e. The molecular weight excluding hydrogens is 282 g/mol. The molecule has 0 aromatic carbocycles. The van der Waals surface area contributed by atoms with E-state index in [0.29, 0.717) is 24.3 Å². The van der Waals surface area contributed by atoms with Crippen molar-refractivity contribution in [3.05, 3.63) is 29.6 Å². The molecule has 0 aliphatic carbocycles. The monoisotopic (exact) mass is 295 g/mol. The van der Waals surface area contributed by atoms with Crippen molar-refractivity contribution in [2.45, 2.75) is 13.3 Å². The van der Waals surface area contributed by atoms with Crippen molar-refractivity contribution in [2.24, 2.45) is 0 Å². The molecule has 1 heterocycles. The van der Waals surface area contributed by atoms with E-state index in [1.54, 1.807) is 17.0 Å². The van der Waals surface area contributed by atoms with Gasteiger partial charge in [0, 0.05) is 24.6 Å². The number of halogens is 1. The van der Waals surface area contributed by atoms with Crippen molar-refractivity contribution in [2.75, 3.05) is 18.4 Å².